The third kappa shape index (κ3) is 1.20. The first kappa shape index (κ1) is 6.66. The predicted octanol–water partition coefficient (Wildman–Crippen LogP) is 1.80. The zero-order valence-electron chi connectivity index (χ0n) is 6.55. The first-order chi connectivity index (χ1) is 4.97. The summed E-state index contributed by atoms with van der Waals surface area (Å²) in [6, 6.07) is 0. The minimum Gasteiger partial charge on any atom is -0.241 e. The Morgan fingerprint density at radius 3 is 2.70 bits per heavy atom. The van der Waals surface area contributed by atoms with Gasteiger partial charge >= 0.3 is 0 Å². The second-order valence-corrected chi connectivity index (χ2v) is 3.72. The van der Waals surface area contributed by atoms with Gasteiger partial charge in [-0.15, -0.1) is 0 Å². The third-order valence-corrected chi connectivity index (χ3v) is 3.07. The third-order valence-electron chi connectivity index (χ3n) is 3.07. The smallest absolute Gasteiger partial charge is 0.0164 e. The van der Waals surface area contributed by atoms with Gasteiger partial charge in [0.1, 0.15) is 0 Å². The van der Waals surface area contributed by atoms with Crippen molar-refractivity contribution in [3.63, 3.8) is 0 Å². The summed E-state index contributed by atoms with van der Waals surface area (Å²) in [6.07, 6.45) is 7.27. The van der Waals surface area contributed by atoms with Crippen molar-refractivity contribution in [1.82, 2.24) is 5.32 Å². The molecule has 1 aliphatic heterocycles. The van der Waals surface area contributed by atoms with E-state index in [1.54, 1.807) is 0 Å². The Bertz CT molecular complexity index is 99.3. The van der Waals surface area contributed by atoms with Crippen LogP contribution in [0.2, 0.25) is 0 Å². The molecule has 1 heteroatoms. The lowest BCUT2D eigenvalue weighted by atomic mass is 9.93. The predicted molar refractivity (Wildman–Crippen MR) is 41.9 cm³/mol. The monoisotopic (exact) mass is 138 g/mol. The van der Waals surface area contributed by atoms with Gasteiger partial charge < -0.3 is 0 Å². The highest BCUT2D eigenvalue weighted by molar-refractivity contribution is 4.81. The molecule has 2 rings (SSSR count). The summed E-state index contributed by atoms with van der Waals surface area (Å²) < 4.78 is 0. The number of hydrogen-bond donors (Lipinski definition) is 0. The Labute approximate surface area is 63.2 Å². The molecule has 0 spiro atoms. The molecule has 2 atom stereocenters. The summed E-state index contributed by atoms with van der Waals surface area (Å²) in [6.45, 7) is 2.33. The van der Waals surface area contributed by atoms with Crippen molar-refractivity contribution in [2.45, 2.75) is 32.1 Å². The van der Waals surface area contributed by atoms with Crippen LogP contribution in [0.5, 0.6) is 0 Å². The van der Waals surface area contributed by atoms with Crippen molar-refractivity contribution < 1.29 is 0 Å². The lowest BCUT2D eigenvalue weighted by Crippen LogP contribution is -2.15. The van der Waals surface area contributed by atoms with Crippen LogP contribution in [0, 0.1) is 11.8 Å². The standard InChI is InChI=1S/C9H16N/c1-3-8-5-2-6-10-7-9(8)4-1/h8-9H,1-7H2. The number of nitrogens with zero attached hydrogens (tertiary/aromatic N) is 1. The minimum absolute atomic E-state index is 0.988. The molecule has 2 aliphatic rings. The second-order valence-electron chi connectivity index (χ2n) is 3.72. The van der Waals surface area contributed by atoms with Crippen LogP contribution in [0.4, 0.5) is 0 Å². The molecule has 10 heavy (non-hydrogen) atoms. The molecule has 2 fully saturated rings. The van der Waals surface area contributed by atoms with Crippen LogP contribution in [0.15, 0.2) is 0 Å². The molecule has 0 bridgehead atoms. The van der Waals surface area contributed by atoms with E-state index in [1.165, 1.54) is 38.6 Å². The van der Waals surface area contributed by atoms with Gasteiger partial charge in [0.2, 0.25) is 0 Å². The molecule has 0 amide bonds. The zero-order chi connectivity index (χ0) is 6.81. The number of hydrogen-bond acceptors (Lipinski definition) is 0. The fraction of sp³-hybridized carbons (Fsp3) is 1.00. The lowest BCUT2D eigenvalue weighted by molar-refractivity contribution is 0.382. The first-order valence-corrected chi connectivity index (χ1v) is 4.60. The van der Waals surface area contributed by atoms with Gasteiger partial charge in [-0.2, -0.15) is 0 Å². The summed E-state index contributed by atoms with van der Waals surface area (Å²) in [5, 5.41) is 4.51. The van der Waals surface area contributed by atoms with Gasteiger partial charge in [-0.3, -0.25) is 0 Å². The molecule has 1 aliphatic carbocycles. The molecule has 0 aromatic heterocycles. The summed E-state index contributed by atoms with van der Waals surface area (Å²) in [5.74, 6) is 2.05. The Morgan fingerprint density at radius 2 is 1.70 bits per heavy atom. The van der Waals surface area contributed by atoms with Gasteiger partial charge in [-0.25, -0.2) is 5.32 Å². The van der Waals surface area contributed by atoms with E-state index in [0.717, 1.165) is 18.4 Å². The van der Waals surface area contributed by atoms with E-state index < -0.39 is 0 Å². The van der Waals surface area contributed by atoms with Gasteiger partial charge in [0.15, 0.2) is 0 Å². The van der Waals surface area contributed by atoms with Crippen molar-refractivity contribution >= 4 is 0 Å². The van der Waals surface area contributed by atoms with Crippen LogP contribution in [0.3, 0.4) is 0 Å². The summed E-state index contributed by atoms with van der Waals surface area (Å²) in [4.78, 5) is 0. The number of fused-ring (bicyclic) bond motifs is 1. The lowest BCUT2D eigenvalue weighted by Gasteiger charge is -2.13. The molecule has 0 aromatic rings. The van der Waals surface area contributed by atoms with Crippen LogP contribution in [0.1, 0.15) is 32.1 Å². The van der Waals surface area contributed by atoms with Crippen molar-refractivity contribution in [2.75, 3.05) is 13.1 Å². The molecule has 1 radical (unpaired) electrons. The van der Waals surface area contributed by atoms with E-state index >= 15 is 0 Å². The molecule has 0 aromatic carbocycles. The van der Waals surface area contributed by atoms with E-state index in [9.17, 15) is 0 Å². The Kier molecular flexibility index (Phi) is 1.94. The average Bonchev–Trinajstić information content (AvgIpc) is 2.28. The maximum atomic E-state index is 4.51. The molecule has 1 heterocycles. The van der Waals surface area contributed by atoms with Crippen LogP contribution in [-0.4, -0.2) is 13.1 Å². The SMILES string of the molecule is C1C[N]CC2CCCC2C1. The van der Waals surface area contributed by atoms with Crippen LogP contribution >= 0.6 is 0 Å². The fourth-order valence-corrected chi connectivity index (χ4v) is 2.46. The Hall–Kier alpha value is -0.0400. The highest BCUT2D eigenvalue weighted by atomic mass is 14.9. The van der Waals surface area contributed by atoms with E-state index in [0.29, 0.717) is 0 Å². The Morgan fingerprint density at radius 1 is 0.900 bits per heavy atom. The largest absolute Gasteiger partial charge is 0.241 e. The molecule has 2 unspecified atom stereocenters. The first-order valence-electron chi connectivity index (χ1n) is 4.60. The quantitative estimate of drug-likeness (QED) is 0.484. The second kappa shape index (κ2) is 2.91. The van der Waals surface area contributed by atoms with Gasteiger partial charge in [-0.05, 0) is 31.1 Å². The van der Waals surface area contributed by atoms with Gasteiger partial charge in [0.05, 0.1) is 0 Å². The Balaban J connectivity index is 1.95. The fourth-order valence-electron chi connectivity index (χ4n) is 2.46. The number of rotatable bonds is 0. The molecule has 1 saturated heterocycles. The van der Waals surface area contributed by atoms with Crippen LogP contribution in [0.25, 0.3) is 0 Å². The zero-order valence-corrected chi connectivity index (χ0v) is 6.55. The van der Waals surface area contributed by atoms with Gasteiger partial charge in [0, 0.05) is 13.1 Å². The van der Waals surface area contributed by atoms with Crippen LogP contribution < -0.4 is 5.32 Å². The van der Waals surface area contributed by atoms with Gasteiger partial charge in [0.25, 0.3) is 0 Å². The summed E-state index contributed by atoms with van der Waals surface area (Å²) >= 11 is 0. The highest BCUT2D eigenvalue weighted by Crippen LogP contribution is 2.35. The van der Waals surface area contributed by atoms with Crippen molar-refractivity contribution in [3.05, 3.63) is 0 Å². The molecule has 57 valence electrons. The maximum Gasteiger partial charge on any atom is 0.0164 e. The van der Waals surface area contributed by atoms with Crippen molar-refractivity contribution in [2.24, 2.45) is 11.8 Å². The normalized spacial score (nSPS) is 40.8. The molecular formula is C9H16N. The summed E-state index contributed by atoms with van der Waals surface area (Å²) in [7, 11) is 0. The minimum atomic E-state index is 0.988. The van der Waals surface area contributed by atoms with Crippen LogP contribution in [-0.2, 0) is 0 Å². The van der Waals surface area contributed by atoms with Gasteiger partial charge in [-0.1, -0.05) is 12.8 Å². The molecule has 1 saturated carbocycles. The molecular weight excluding hydrogens is 122 g/mol. The molecule has 1 nitrogen and oxygen atoms in total. The molecule has 0 N–H and O–H groups in total. The highest BCUT2D eigenvalue weighted by Gasteiger charge is 2.28. The van der Waals surface area contributed by atoms with Crippen molar-refractivity contribution in [1.29, 1.82) is 0 Å². The van der Waals surface area contributed by atoms with E-state index in [1.807, 2.05) is 0 Å². The topological polar surface area (TPSA) is 14.1 Å². The average molecular weight is 138 g/mol. The van der Waals surface area contributed by atoms with E-state index in [4.69, 9.17) is 0 Å². The maximum absolute atomic E-state index is 4.51. The van der Waals surface area contributed by atoms with E-state index in [2.05, 4.69) is 5.32 Å². The van der Waals surface area contributed by atoms with E-state index in [-0.39, 0.29) is 0 Å². The summed E-state index contributed by atoms with van der Waals surface area (Å²) in [5.41, 5.74) is 0. The van der Waals surface area contributed by atoms with Crippen molar-refractivity contribution in [3.8, 4) is 0 Å².